The Labute approximate surface area is 89.3 Å². The van der Waals surface area contributed by atoms with Gasteiger partial charge in [0.25, 0.3) is 0 Å². The van der Waals surface area contributed by atoms with Gasteiger partial charge in [-0.2, -0.15) is 0 Å². The number of hydrogen-bond donors (Lipinski definition) is 0. The topological polar surface area (TPSA) is 3.24 Å². The average molecular weight is 205 g/mol. The Morgan fingerprint density at radius 3 is 2.36 bits per heavy atom. The highest BCUT2D eigenvalue weighted by molar-refractivity contribution is 6.51. The molecule has 1 aromatic rings. The summed E-state index contributed by atoms with van der Waals surface area (Å²) < 4.78 is 2.33. The summed E-state index contributed by atoms with van der Waals surface area (Å²) in [4.78, 5) is 0. The summed E-state index contributed by atoms with van der Waals surface area (Å²) in [6.07, 6.45) is 1.93. The molecule has 0 saturated heterocycles. The van der Waals surface area contributed by atoms with E-state index in [1.807, 2.05) is 6.08 Å². The molecule has 0 bridgehead atoms. The molecule has 0 atom stereocenters. The molecule has 0 unspecified atom stereocenters. The van der Waals surface area contributed by atoms with Gasteiger partial charge in [0.1, 0.15) is 9.68 Å². The fourth-order valence-corrected chi connectivity index (χ4v) is 3.04. The van der Waals surface area contributed by atoms with E-state index in [4.69, 9.17) is 0 Å². The van der Waals surface area contributed by atoms with Crippen molar-refractivity contribution in [2.24, 2.45) is 0 Å². The van der Waals surface area contributed by atoms with Crippen LogP contribution in [0.5, 0.6) is 0 Å². The van der Waals surface area contributed by atoms with Gasteiger partial charge in [-0.1, -0.05) is 24.8 Å². The first-order chi connectivity index (χ1) is 6.56. The molecular formula is C12H19NSi. The summed E-state index contributed by atoms with van der Waals surface area (Å²) in [5, 5.41) is 1.54. The summed E-state index contributed by atoms with van der Waals surface area (Å²) in [5.41, 5.74) is 4.09. The number of hydrogen-bond acceptors (Lipinski definition) is 1. The van der Waals surface area contributed by atoms with Gasteiger partial charge in [-0.15, -0.1) is 0 Å². The van der Waals surface area contributed by atoms with Crippen molar-refractivity contribution in [3.8, 4) is 0 Å². The maximum atomic E-state index is 3.82. The van der Waals surface area contributed by atoms with E-state index >= 15 is 0 Å². The van der Waals surface area contributed by atoms with Crippen molar-refractivity contribution in [2.45, 2.75) is 13.8 Å². The molecule has 1 rings (SSSR count). The van der Waals surface area contributed by atoms with E-state index in [-0.39, 0.29) is 9.68 Å². The van der Waals surface area contributed by atoms with Crippen LogP contribution in [0.3, 0.4) is 0 Å². The zero-order valence-electron chi connectivity index (χ0n) is 9.59. The Balaban J connectivity index is 3.10. The third kappa shape index (κ3) is 2.34. The number of benzene rings is 1. The molecule has 14 heavy (non-hydrogen) atoms. The van der Waals surface area contributed by atoms with Crippen LogP contribution in [-0.4, -0.2) is 28.3 Å². The summed E-state index contributed by atoms with van der Waals surface area (Å²) >= 11 is 0. The first-order valence-corrected chi connectivity index (χ1v) is 6.26. The molecule has 1 nitrogen and oxygen atoms in total. The number of nitrogens with zero attached hydrogens (tertiary/aromatic N) is 1. The van der Waals surface area contributed by atoms with Crippen LogP contribution in [0.1, 0.15) is 16.7 Å². The normalized spacial score (nSPS) is 11.5. The lowest BCUT2D eigenvalue weighted by Gasteiger charge is -2.14. The summed E-state index contributed by atoms with van der Waals surface area (Å²) in [7, 11) is 4.06. The van der Waals surface area contributed by atoms with Crippen molar-refractivity contribution in [3.05, 3.63) is 35.4 Å². The predicted molar refractivity (Wildman–Crippen MR) is 67.9 cm³/mol. The van der Waals surface area contributed by atoms with Gasteiger partial charge in [-0.25, -0.2) is 0 Å². The maximum Gasteiger partial charge on any atom is 0.127 e. The van der Waals surface area contributed by atoms with Crippen molar-refractivity contribution in [1.82, 2.24) is 4.57 Å². The van der Waals surface area contributed by atoms with Gasteiger partial charge < -0.3 is 4.57 Å². The van der Waals surface area contributed by atoms with Crippen LogP contribution in [0.2, 0.25) is 0 Å². The van der Waals surface area contributed by atoms with Crippen molar-refractivity contribution < 1.29 is 0 Å². The Hall–Kier alpha value is -0.863. The Bertz CT molecular complexity index is 342. The molecule has 0 aromatic heterocycles. The highest BCUT2D eigenvalue weighted by Crippen LogP contribution is 2.11. The van der Waals surface area contributed by atoms with Crippen LogP contribution < -0.4 is 5.19 Å². The molecule has 0 spiro atoms. The SMILES string of the molecule is C=Cc1ccc([SiH2]N(C)C)c(C)c1C. The maximum absolute atomic E-state index is 3.82. The van der Waals surface area contributed by atoms with Gasteiger partial charge in [-0.3, -0.25) is 0 Å². The Morgan fingerprint density at radius 1 is 1.21 bits per heavy atom. The zero-order chi connectivity index (χ0) is 10.7. The Morgan fingerprint density at radius 2 is 1.86 bits per heavy atom. The average Bonchev–Trinajstić information content (AvgIpc) is 2.13. The molecule has 0 fully saturated rings. The summed E-state index contributed by atoms with van der Waals surface area (Å²) in [6.45, 7) is 8.22. The van der Waals surface area contributed by atoms with Gasteiger partial charge in [0.15, 0.2) is 0 Å². The van der Waals surface area contributed by atoms with E-state index in [0.717, 1.165) is 0 Å². The molecule has 76 valence electrons. The van der Waals surface area contributed by atoms with Crippen molar-refractivity contribution in [2.75, 3.05) is 14.1 Å². The third-order valence-corrected chi connectivity index (χ3v) is 4.39. The zero-order valence-corrected chi connectivity index (χ0v) is 11.0. The predicted octanol–water partition coefficient (Wildman–Crippen LogP) is 1.22. The highest BCUT2D eigenvalue weighted by atomic mass is 28.2. The minimum atomic E-state index is -0.252. The van der Waals surface area contributed by atoms with Crippen LogP contribution in [0, 0.1) is 13.8 Å². The molecule has 0 N–H and O–H groups in total. The fraction of sp³-hybridized carbons (Fsp3) is 0.333. The van der Waals surface area contributed by atoms with E-state index in [1.54, 1.807) is 0 Å². The van der Waals surface area contributed by atoms with Crippen LogP contribution >= 0.6 is 0 Å². The molecule has 0 amide bonds. The van der Waals surface area contributed by atoms with Gasteiger partial charge >= 0.3 is 0 Å². The molecule has 1 aromatic carbocycles. The monoisotopic (exact) mass is 205 g/mol. The van der Waals surface area contributed by atoms with Gasteiger partial charge in [0, 0.05) is 0 Å². The Kier molecular flexibility index (Phi) is 3.67. The van der Waals surface area contributed by atoms with E-state index in [0.29, 0.717) is 0 Å². The largest absolute Gasteiger partial charge is 0.330 e. The number of rotatable bonds is 3. The van der Waals surface area contributed by atoms with Gasteiger partial charge in [0.05, 0.1) is 0 Å². The molecule has 0 heterocycles. The van der Waals surface area contributed by atoms with Crippen molar-refractivity contribution in [3.63, 3.8) is 0 Å². The lowest BCUT2D eigenvalue weighted by molar-refractivity contribution is 0.669. The molecule has 0 aliphatic carbocycles. The highest BCUT2D eigenvalue weighted by Gasteiger charge is 2.05. The van der Waals surface area contributed by atoms with Crippen molar-refractivity contribution in [1.29, 1.82) is 0 Å². The second-order valence-corrected chi connectivity index (χ2v) is 6.35. The first-order valence-electron chi connectivity index (χ1n) is 4.92. The fourth-order valence-electron chi connectivity index (χ4n) is 1.63. The molecule has 2 heteroatoms. The minimum absolute atomic E-state index is 0.252. The van der Waals surface area contributed by atoms with Crippen molar-refractivity contribution >= 4 is 20.9 Å². The molecule has 0 saturated carbocycles. The lowest BCUT2D eigenvalue weighted by atomic mass is 10.0. The lowest BCUT2D eigenvalue weighted by Crippen LogP contribution is -2.31. The van der Waals surface area contributed by atoms with E-state index in [9.17, 15) is 0 Å². The van der Waals surface area contributed by atoms with Gasteiger partial charge in [0.2, 0.25) is 0 Å². The third-order valence-electron chi connectivity index (χ3n) is 2.65. The standard InChI is InChI=1S/C12H19NSi/c1-6-11-7-8-12(14-13(4)5)10(3)9(11)2/h6-8H,1,14H2,2-5H3. The second kappa shape index (κ2) is 4.58. The van der Waals surface area contributed by atoms with Crippen LogP contribution in [0.25, 0.3) is 6.08 Å². The first kappa shape index (κ1) is 11.2. The smallest absolute Gasteiger partial charge is 0.127 e. The second-order valence-electron chi connectivity index (χ2n) is 4.01. The van der Waals surface area contributed by atoms with E-state index < -0.39 is 0 Å². The van der Waals surface area contributed by atoms with E-state index in [2.05, 4.69) is 51.2 Å². The molecule has 0 aliphatic rings. The van der Waals surface area contributed by atoms with E-state index in [1.165, 1.54) is 21.9 Å². The molecule has 0 radical (unpaired) electrons. The van der Waals surface area contributed by atoms with Crippen LogP contribution in [0.4, 0.5) is 0 Å². The van der Waals surface area contributed by atoms with Crippen LogP contribution in [0.15, 0.2) is 18.7 Å². The summed E-state index contributed by atoms with van der Waals surface area (Å²) in [5.74, 6) is 0. The molecule has 0 aliphatic heterocycles. The quantitative estimate of drug-likeness (QED) is 0.671. The van der Waals surface area contributed by atoms with Crippen LogP contribution in [-0.2, 0) is 0 Å². The summed E-state index contributed by atoms with van der Waals surface area (Å²) in [6, 6.07) is 4.44. The molecular weight excluding hydrogens is 186 g/mol. The van der Waals surface area contributed by atoms with Gasteiger partial charge in [-0.05, 0) is 49.8 Å². The minimum Gasteiger partial charge on any atom is -0.330 e.